The van der Waals surface area contributed by atoms with Crippen LogP contribution >= 0.6 is 11.3 Å². The van der Waals surface area contributed by atoms with Crippen molar-refractivity contribution in [1.29, 1.82) is 0 Å². The Labute approximate surface area is 148 Å². The molecule has 6 heteroatoms. The molecule has 1 aliphatic rings. The molecule has 3 rings (SSSR count). The Kier molecular flexibility index (Phi) is 5.48. The number of aromatic nitrogens is 2. The highest BCUT2D eigenvalue weighted by Gasteiger charge is 2.23. The van der Waals surface area contributed by atoms with Gasteiger partial charge >= 0.3 is 0 Å². The SMILES string of the molecule is Cc1nc(Nc2cccc(C3CN(CC(C)C)CCO3)n2)sc1C. The number of anilines is 2. The maximum atomic E-state index is 5.96. The van der Waals surface area contributed by atoms with Crippen molar-refractivity contribution in [2.75, 3.05) is 31.6 Å². The first-order valence-electron chi connectivity index (χ1n) is 8.53. The summed E-state index contributed by atoms with van der Waals surface area (Å²) >= 11 is 1.66. The van der Waals surface area contributed by atoms with Crippen molar-refractivity contribution in [1.82, 2.24) is 14.9 Å². The molecule has 24 heavy (non-hydrogen) atoms. The molecule has 1 aliphatic heterocycles. The van der Waals surface area contributed by atoms with Crippen LogP contribution in [-0.4, -0.2) is 41.1 Å². The van der Waals surface area contributed by atoms with Crippen LogP contribution < -0.4 is 5.32 Å². The lowest BCUT2D eigenvalue weighted by molar-refractivity contribution is -0.0351. The van der Waals surface area contributed by atoms with Gasteiger partial charge in [0.2, 0.25) is 0 Å². The van der Waals surface area contributed by atoms with Crippen LogP contribution in [0.25, 0.3) is 0 Å². The van der Waals surface area contributed by atoms with Gasteiger partial charge in [-0.1, -0.05) is 19.9 Å². The zero-order valence-electron chi connectivity index (χ0n) is 14.9. The highest BCUT2D eigenvalue weighted by Crippen LogP contribution is 2.26. The lowest BCUT2D eigenvalue weighted by Gasteiger charge is -2.33. The average Bonchev–Trinajstić information content (AvgIpc) is 2.85. The summed E-state index contributed by atoms with van der Waals surface area (Å²) in [6.45, 7) is 12.4. The third-order valence-corrected chi connectivity index (χ3v) is 5.13. The summed E-state index contributed by atoms with van der Waals surface area (Å²) < 4.78 is 5.96. The summed E-state index contributed by atoms with van der Waals surface area (Å²) in [4.78, 5) is 13.0. The molecule has 0 saturated carbocycles. The minimum Gasteiger partial charge on any atom is -0.369 e. The molecule has 0 aromatic carbocycles. The standard InChI is InChI=1S/C18H26N4OS/c1-12(2)10-22-8-9-23-16(11-22)15-6-5-7-17(20-15)21-18-19-13(3)14(4)24-18/h5-7,12,16H,8-11H2,1-4H3,(H,19,20,21). The van der Waals surface area contributed by atoms with Gasteiger partial charge in [0.1, 0.15) is 11.9 Å². The highest BCUT2D eigenvalue weighted by molar-refractivity contribution is 7.15. The van der Waals surface area contributed by atoms with Crippen molar-refractivity contribution in [2.24, 2.45) is 5.92 Å². The van der Waals surface area contributed by atoms with Crippen molar-refractivity contribution in [3.63, 3.8) is 0 Å². The lowest BCUT2D eigenvalue weighted by atomic mass is 10.1. The van der Waals surface area contributed by atoms with Gasteiger partial charge in [0.25, 0.3) is 0 Å². The molecule has 0 amide bonds. The summed E-state index contributed by atoms with van der Waals surface area (Å²) in [7, 11) is 0. The number of hydrogen-bond acceptors (Lipinski definition) is 6. The van der Waals surface area contributed by atoms with E-state index in [1.54, 1.807) is 11.3 Å². The Hall–Kier alpha value is -1.50. The van der Waals surface area contributed by atoms with E-state index in [0.717, 1.165) is 48.6 Å². The van der Waals surface area contributed by atoms with E-state index in [9.17, 15) is 0 Å². The fourth-order valence-corrected chi connectivity index (χ4v) is 3.72. The summed E-state index contributed by atoms with van der Waals surface area (Å²) in [5.41, 5.74) is 2.05. The second-order valence-corrected chi connectivity index (χ2v) is 7.95. The van der Waals surface area contributed by atoms with E-state index in [4.69, 9.17) is 9.72 Å². The molecular formula is C18H26N4OS. The smallest absolute Gasteiger partial charge is 0.188 e. The summed E-state index contributed by atoms with van der Waals surface area (Å²) in [6, 6.07) is 6.06. The second-order valence-electron chi connectivity index (χ2n) is 6.75. The number of morpholine rings is 1. The van der Waals surface area contributed by atoms with E-state index in [1.165, 1.54) is 4.88 Å². The van der Waals surface area contributed by atoms with Crippen LogP contribution in [-0.2, 0) is 4.74 Å². The number of nitrogens with one attached hydrogen (secondary N) is 1. The van der Waals surface area contributed by atoms with Crippen LogP contribution in [0.5, 0.6) is 0 Å². The van der Waals surface area contributed by atoms with Gasteiger partial charge in [-0.05, 0) is 31.9 Å². The highest BCUT2D eigenvalue weighted by atomic mass is 32.1. The summed E-state index contributed by atoms with van der Waals surface area (Å²) in [6.07, 6.45) is 0.0408. The Bertz CT molecular complexity index is 666. The molecule has 3 heterocycles. The Morgan fingerprint density at radius 1 is 1.33 bits per heavy atom. The van der Waals surface area contributed by atoms with Crippen molar-refractivity contribution in [2.45, 2.75) is 33.8 Å². The van der Waals surface area contributed by atoms with Gasteiger partial charge in [-0.2, -0.15) is 0 Å². The molecular weight excluding hydrogens is 320 g/mol. The van der Waals surface area contributed by atoms with Gasteiger partial charge in [0.15, 0.2) is 5.13 Å². The fourth-order valence-electron chi connectivity index (χ4n) is 2.90. The van der Waals surface area contributed by atoms with Gasteiger partial charge in [-0.25, -0.2) is 9.97 Å². The van der Waals surface area contributed by atoms with Crippen LogP contribution in [0.1, 0.15) is 36.2 Å². The maximum Gasteiger partial charge on any atom is 0.188 e. The first-order valence-corrected chi connectivity index (χ1v) is 9.35. The monoisotopic (exact) mass is 346 g/mol. The third-order valence-electron chi connectivity index (χ3n) is 4.14. The van der Waals surface area contributed by atoms with Gasteiger partial charge in [0.05, 0.1) is 18.0 Å². The Morgan fingerprint density at radius 3 is 2.88 bits per heavy atom. The maximum absolute atomic E-state index is 5.96. The molecule has 2 aromatic rings. The lowest BCUT2D eigenvalue weighted by Crippen LogP contribution is -2.40. The second kappa shape index (κ2) is 7.59. The zero-order chi connectivity index (χ0) is 17.1. The molecule has 1 unspecified atom stereocenters. The van der Waals surface area contributed by atoms with Crippen LogP contribution in [0.4, 0.5) is 10.9 Å². The number of aryl methyl sites for hydroxylation is 2. The molecule has 0 aliphatic carbocycles. The average molecular weight is 346 g/mol. The van der Waals surface area contributed by atoms with Gasteiger partial charge in [-0.3, -0.25) is 4.90 Å². The molecule has 0 spiro atoms. The molecule has 130 valence electrons. The van der Waals surface area contributed by atoms with Gasteiger partial charge in [0, 0.05) is 24.5 Å². The molecule has 1 fully saturated rings. The number of pyridine rings is 1. The molecule has 1 saturated heterocycles. The van der Waals surface area contributed by atoms with Gasteiger partial charge < -0.3 is 10.1 Å². The number of hydrogen-bond donors (Lipinski definition) is 1. The first kappa shape index (κ1) is 17.3. The first-order chi connectivity index (χ1) is 11.5. The van der Waals surface area contributed by atoms with Crippen molar-refractivity contribution in [3.8, 4) is 0 Å². The molecule has 1 atom stereocenters. The largest absolute Gasteiger partial charge is 0.369 e. The van der Waals surface area contributed by atoms with E-state index in [2.05, 4.69) is 36.0 Å². The van der Waals surface area contributed by atoms with Crippen molar-refractivity contribution >= 4 is 22.3 Å². The van der Waals surface area contributed by atoms with E-state index in [1.807, 2.05) is 25.1 Å². The number of ether oxygens (including phenoxy) is 1. The zero-order valence-corrected chi connectivity index (χ0v) is 15.7. The van der Waals surface area contributed by atoms with Crippen LogP contribution in [0.3, 0.4) is 0 Å². The van der Waals surface area contributed by atoms with Crippen LogP contribution in [0, 0.1) is 19.8 Å². The molecule has 2 aromatic heterocycles. The van der Waals surface area contributed by atoms with E-state index in [0.29, 0.717) is 5.92 Å². The number of rotatable bonds is 5. The van der Waals surface area contributed by atoms with E-state index in [-0.39, 0.29) is 6.10 Å². The third kappa shape index (κ3) is 4.32. The number of nitrogens with zero attached hydrogens (tertiary/aromatic N) is 3. The van der Waals surface area contributed by atoms with E-state index < -0.39 is 0 Å². The minimum atomic E-state index is 0.0408. The number of thiazole rings is 1. The van der Waals surface area contributed by atoms with Crippen molar-refractivity contribution < 1.29 is 4.74 Å². The quantitative estimate of drug-likeness (QED) is 0.889. The van der Waals surface area contributed by atoms with Crippen LogP contribution in [0.15, 0.2) is 18.2 Å². The summed E-state index contributed by atoms with van der Waals surface area (Å²) in [5, 5.41) is 4.21. The fraction of sp³-hybridized carbons (Fsp3) is 0.556. The van der Waals surface area contributed by atoms with Gasteiger partial charge in [-0.15, -0.1) is 11.3 Å². The predicted molar refractivity (Wildman–Crippen MR) is 99.1 cm³/mol. The topological polar surface area (TPSA) is 50.3 Å². The van der Waals surface area contributed by atoms with Crippen molar-refractivity contribution in [3.05, 3.63) is 34.5 Å². The Balaban J connectivity index is 1.70. The minimum absolute atomic E-state index is 0.0408. The Morgan fingerprint density at radius 2 is 2.17 bits per heavy atom. The molecule has 0 radical (unpaired) electrons. The molecule has 5 nitrogen and oxygen atoms in total. The molecule has 1 N–H and O–H groups in total. The van der Waals surface area contributed by atoms with E-state index >= 15 is 0 Å². The molecule has 0 bridgehead atoms. The normalized spacial score (nSPS) is 19.0. The summed E-state index contributed by atoms with van der Waals surface area (Å²) in [5.74, 6) is 1.49. The van der Waals surface area contributed by atoms with Crippen LogP contribution in [0.2, 0.25) is 0 Å². The predicted octanol–water partition coefficient (Wildman–Crippen LogP) is 3.93.